The van der Waals surface area contributed by atoms with Crippen LogP contribution < -0.4 is 5.32 Å². The number of nitrogens with one attached hydrogen (secondary N) is 1. The van der Waals surface area contributed by atoms with Crippen LogP contribution in [0.15, 0.2) is 24.3 Å². The number of aryl methyl sites for hydroxylation is 1. The lowest BCUT2D eigenvalue weighted by Crippen LogP contribution is -2.53. The Balaban J connectivity index is 1.52. The number of aromatic nitrogens is 2. The standard InChI is InChI=1S/C19H26N4O2/c1-22-16-5-3-2-4-15(16)21-17(22)18(25)23-10-7-19(8-11-23)6-9-20-12-14(19)13-24/h2-5,14,20,24H,6-13H2,1H3/t14-/m1/s1. The van der Waals surface area contributed by atoms with Gasteiger partial charge in [-0.05, 0) is 43.4 Å². The Kier molecular flexibility index (Phi) is 4.25. The number of likely N-dealkylation sites (tertiary alicyclic amines) is 1. The third-order valence-electron chi connectivity index (χ3n) is 6.30. The molecular formula is C19H26N4O2. The summed E-state index contributed by atoms with van der Waals surface area (Å²) in [6, 6.07) is 7.85. The van der Waals surface area contributed by atoms with Gasteiger partial charge in [0.1, 0.15) is 0 Å². The van der Waals surface area contributed by atoms with Crippen LogP contribution in [-0.2, 0) is 7.05 Å². The summed E-state index contributed by atoms with van der Waals surface area (Å²) in [5.41, 5.74) is 2.03. The maximum atomic E-state index is 13.0. The van der Waals surface area contributed by atoms with Crippen molar-refractivity contribution in [1.29, 1.82) is 0 Å². The second-order valence-electron chi connectivity index (χ2n) is 7.47. The largest absolute Gasteiger partial charge is 0.396 e. The van der Waals surface area contributed by atoms with E-state index in [0.29, 0.717) is 11.7 Å². The summed E-state index contributed by atoms with van der Waals surface area (Å²) in [6.45, 7) is 3.62. The number of imidazole rings is 1. The molecule has 1 aromatic carbocycles. The van der Waals surface area contributed by atoms with E-state index in [-0.39, 0.29) is 17.9 Å². The average Bonchev–Trinajstić information content (AvgIpc) is 2.99. The maximum absolute atomic E-state index is 13.0. The summed E-state index contributed by atoms with van der Waals surface area (Å²) >= 11 is 0. The topological polar surface area (TPSA) is 70.4 Å². The number of fused-ring (bicyclic) bond motifs is 1. The van der Waals surface area contributed by atoms with Crippen LogP contribution in [0.3, 0.4) is 0 Å². The third-order valence-corrected chi connectivity index (χ3v) is 6.30. The van der Waals surface area contributed by atoms with Crippen molar-refractivity contribution in [2.45, 2.75) is 19.3 Å². The monoisotopic (exact) mass is 342 g/mol. The molecule has 3 heterocycles. The highest BCUT2D eigenvalue weighted by atomic mass is 16.3. The summed E-state index contributed by atoms with van der Waals surface area (Å²) in [7, 11) is 1.91. The lowest BCUT2D eigenvalue weighted by atomic mass is 9.65. The van der Waals surface area contributed by atoms with Gasteiger partial charge in [-0.1, -0.05) is 12.1 Å². The highest BCUT2D eigenvalue weighted by Crippen LogP contribution is 2.43. The van der Waals surface area contributed by atoms with Crippen LogP contribution in [0, 0.1) is 11.3 Å². The molecular weight excluding hydrogens is 316 g/mol. The predicted octanol–water partition coefficient (Wildman–Crippen LogP) is 1.40. The number of piperidine rings is 2. The number of hydrogen-bond donors (Lipinski definition) is 2. The molecule has 2 aliphatic heterocycles. The van der Waals surface area contributed by atoms with Crippen molar-refractivity contribution in [1.82, 2.24) is 19.8 Å². The molecule has 1 amide bonds. The first kappa shape index (κ1) is 16.5. The molecule has 2 aliphatic rings. The second-order valence-corrected chi connectivity index (χ2v) is 7.47. The minimum absolute atomic E-state index is 0.0167. The van der Waals surface area contributed by atoms with Crippen molar-refractivity contribution in [3.05, 3.63) is 30.1 Å². The molecule has 2 saturated heterocycles. The van der Waals surface area contributed by atoms with Crippen LogP contribution in [0.2, 0.25) is 0 Å². The van der Waals surface area contributed by atoms with Gasteiger partial charge in [0, 0.05) is 39.2 Å². The molecule has 6 heteroatoms. The van der Waals surface area contributed by atoms with Crippen LogP contribution in [0.5, 0.6) is 0 Å². The smallest absolute Gasteiger partial charge is 0.289 e. The van der Waals surface area contributed by atoms with E-state index in [1.165, 1.54) is 0 Å². The van der Waals surface area contributed by atoms with Crippen LogP contribution in [-0.4, -0.2) is 58.3 Å². The van der Waals surface area contributed by atoms with Crippen LogP contribution >= 0.6 is 0 Å². The first-order valence-corrected chi connectivity index (χ1v) is 9.17. The van der Waals surface area contributed by atoms with Gasteiger partial charge in [-0.2, -0.15) is 0 Å². The van der Waals surface area contributed by atoms with Gasteiger partial charge in [0.05, 0.1) is 11.0 Å². The SMILES string of the molecule is Cn1c(C(=O)N2CCC3(CCNC[C@@H]3CO)CC2)nc2ccccc21. The summed E-state index contributed by atoms with van der Waals surface area (Å²) in [5, 5.41) is 13.1. The molecule has 0 bridgehead atoms. The van der Waals surface area contributed by atoms with Crippen LogP contribution in [0.25, 0.3) is 11.0 Å². The fourth-order valence-electron chi connectivity index (χ4n) is 4.58. The molecule has 1 aromatic heterocycles. The number of para-hydroxylation sites is 2. The van der Waals surface area contributed by atoms with Gasteiger partial charge in [0.2, 0.25) is 0 Å². The van der Waals surface area contributed by atoms with Gasteiger partial charge in [-0.25, -0.2) is 4.98 Å². The summed E-state index contributed by atoms with van der Waals surface area (Å²) < 4.78 is 1.89. The van der Waals surface area contributed by atoms with Crippen molar-refractivity contribution in [3.63, 3.8) is 0 Å². The molecule has 0 aliphatic carbocycles. The second kappa shape index (κ2) is 6.42. The minimum Gasteiger partial charge on any atom is -0.396 e. The molecule has 0 saturated carbocycles. The van der Waals surface area contributed by atoms with Gasteiger partial charge in [-0.3, -0.25) is 4.79 Å². The zero-order chi connectivity index (χ0) is 17.4. The highest BCUT2D eigenvalue weighted by molar-refractivity contribution is 5.94. The van der Waals surface area contributed by atoms with Crippen LogP contribution in [0.4, 0.5) is 0 Å². The molecule has 6 nitrogen and oxygen atoms in total. The zero-order valence-electron chi connectivity index (χ0n) is 14.7. The van der Waals surface area contributed by atoms with Gasteiger partial charge < -0.3 is 19.9 Å². The molecule has 4 rings (SSSR count). The maximum Gasteiger partial charge on any atom is 0.289 e. The summed E-state index contributed by atoms with van der Waals surface area (Å²) in [4.78, 5) is 19.5. The number of benzene rings is 1. The van der Waals surface area contributed by atoms with E-state index in [9.17, 15) is 9.90 Å². The normalized spacial score (nSPS) is 23.3. The van der Waals surface area contributed by atoms with Gasteiger partial charge in [0.15, 0.2) is 5.82 Å². The molecule has 0 radical (unpaired) electrons. The molecule has 25 heavy (non-hydrogen) atoms. The molecule has 2 fully saturated rings. The number of carbonyl (C=O) groups excluding carboxylic acids is 1. The van der Waals surface area contributed by atoms with Crippen molar-refractivity contribution in [3.8, 4) is 0 Å². The number of aliphatic hydroxyl groups is 1. The quantitative estimate of drug-likeness (QED) is 0.865. The van der Waals surface area contributed by atoms with Gasteiger partial charge in [-0.15, -0.1) is 0 Å². The van der Waals surface area contributed by atoms with Crippen molar-refractivity contribution >= 4 is 16.9 Å². The van der Waals surface area contributed by atoms with Gasteiger partial charge in [0.25, 0.3) is 5.91 Å². The summed E-state index contributed by atoms with van der Waals surface area (Å²) in [5.74, 6) is 0.832. The first-order valence-electron chi connectivity index (χ1n) is 9.17. The van der Waals surface area contributed by atoms with E-state index in [0.717, 1.165) is 56.5 Å². The molecule has 134 valence electrons. The Bertz CT molecular complexity index is 777. The number of hydrogen-bond acceptors (Lipinski definition) is 4. The zero-order valence-corrected chi connectivity index (χ0v) is 14.7. The van der Waals surface area contributed by atoms with E-state index < -0.39 is 0 Å². The molecule has 2 aromatic rings. The lowest BCUT2D eigenvalue weighted by Gasteiger charge is -2.48. The van der Waals surface area contributed by atoms with Crippen molar-refractivity contribution in [2.75, 3.05) is 32.8 Å². The van der Waals surface area contributed by atoms with E-state index in [1.807, 2.05) is 40.8 Å². The number of carbonyl (C=O) groups is 1. The third kappa shape index (κ3) is 2.73. The molecule has 0 unspecified atom stereocenters. The molecule has 1 atom stereocenters. The van der Waals surface area contributed by atoms with E-state index in [2.05, 4.69) is 10.3 Å². The predicted molar refractivity (Wildman–Crippen MR) is 96.3 cm³/mol. The van der Waals surface area contributed by atoms with E-state index in [4.69, 9.17) is 0 Å². The minimum atomic E-state index is 0.0167. The van der Waals surface area contributed by atoms with E-state index in [1.54, 1.807) is 0 Å². The van der Waals surface area contributed by atoms with Crippen molar-refractivity contribution < 1.29 is 9.90 Å². The first-order chi connectivity index (χ1) is 12.1. The molecule has 1 spiro atoms. The Morgan fingerprint density at radius 2 is 2.08 bits per heavy atom. The van der Waals surface area contributed by atoms with Gasteiger partial charge >= 0.3 is 0 Å². The average molecular weight is 342 g/mol. The lowest BCUT2D eigenvalue weighted by molar-refractivity contribution is -0.00156. The fraction of sp³-hybridized carbons (Fsp3) is 0.579. The number of amides is 1. The highest BCUT2D eigenvalue weighted by Gasteiger charge is 2.43. The fourth-order valence-corrected chi connectivity index (χ4v) is 4.58. The van der Waals surface area contributed by atoms with Crippen LogP contribution in [0.1, 0.15) is 29.9 Å². The Hall–Kier alpha value is -1.92. The van der Waals surface area contributed by atoms with E-state index >= 15 is 0 Å². The Morgan fingerprint density at radius 1 is 1.32 bits per heavy atom. The molecule has 2 N–H and O–H groups in total. The Morgan fingerprint density at radius 3 is 2.80 bits per heavy atom. The Labute approximate surface area is 147 Å². The van der Waals surface area contributed by atoms with Crippen molar-refractivity contribution in [2.24, 2.45) is 18.4 Å². The number of rotatable bonds is 2. The summed E-state index contributed by atoms with van der Waals surface area (Å²) in [6.07, 6.45) is 3.03. The number of nitrogens with zero attached hydrogens (tertiary/aromatic N) is 3. The number of aliphatic hydroxyl groups excluding tert-OH is 1.